The summed E-state index contributed by atoms with van der Waals surface area (Å²) in [5.74, 6) is -0.318. The lowest BCUT2D eigenvalue weighted by molar-refractivity contribution is 0.0697. The molecule has 0 amide bonds. The maximum absolute atomic E-state index is 11.0. The van der Waals surface area contributed by atoms with Gasteiger partial charge in [-0.3, -0.25) is 0 Å². The highest BCUT2D eigenvalue weighted by Crippen LogP contribution is 2.32. The van der Waals surface area contributed by atoms with Crippen LogP contribution in [-0.4, -0.2) is 18.2 Å². The van der Waals surface area contributed by atoms with Gasteiger partial charge in [-0.15, -0.1) is 0 Å². The SMILES string of the molecule is COc1ccc(Br)c(Nc2cc(C(=O)O)ccc2N)c1. The Kier molecular flexibility index (Phi) is 4.14. The molecule has 0 fully saturated rings. The molecule has 0 bridgehead atoms. The van der Waals surface area contributed by atoms with Gasteiger partial charge in [0.05, 0.1) is 29.7 Å². The molecular formula is C14H13BrN2O3. The summed E-state index contributed by atoms with van der Waals surface area (Å²) in [6, 6.07) is 9.94. The summed E-state index contributed by atoms with van der Waals surface area (Å²) in [6.07, 6.45) is 0. The Morgan fingerprint density at radius 3 is 2.65 bits per heavy atom. The zero-order chi connectivity index (χ0) is 14.7. The number of anilines is 3. The van der Waals surface area contributed by atoms with Gasteiger partial charge in [-0.2, -0.15) is 0 Å². The van der Waals surface area contributed by atoms with E-state index in [1.54, 1.807) is 19.2 Å². The van der Waals surface area contributed by atoms with Crippen molar-refractivity contribution in [3.63, 3.8) is 0 Å². The molecular weight excluding hydrogens is 324 g/mol. The summed E-state index contributed by atoms with van der Waals surface area (Å²) in [6.45, 7) is 0. The van der Waals surface area contributed by atoms with Crippen molar-refractivity contribution in [2.45, 2.75) is 0 Å². The molecule has 0 atom stereocenters. The number of hydrogen-bond donors (Lipinski definition) is 3. The van der Waals surface area contributed by atoms with Crippen LogP contribution in [0.2, 0.25) is 0 Å². The molecule has 0 unspecified atom stereocenters. The van der Waals surface area contributed by atoms with Crippen LogP contribution in [0.15, 0.2) is 40.9 Å². The summed E-state index contributed by atoms with van der Waals surface area (Å²) in [5, 5.41) is 12.1. The number of ether oxygens (including phenoxy) is 1. The highest BCUT2D eigenvalue weighted by Gasteiger charge is 2.09. The minimum Gasteiger partial charge on any atom is -0.497 e. The third kappa shape index (κ3) is 3.03. The summed E-state index contributed by atoms with van der Waals surface area (Å²) < 4.78 is 5.97. The molecule has 0 radical (unpaired) electrons. The van der Waals surface area contributed by atoms with Crippen molar-refractivity contribution in [3.8, 4) is 5.75 Å². The number of nitrogens with two attached hydrogens (primary N) is 1. The third-order valence-electron chi connectivity index (χ3n) is 2.74. The number of methoxy groups -OCH3 is 1. The highest BCUT2D eigenvalue weighted by molar-refractivity contribution is 9.10. The van der Waals surface area contributed by atoms with Crippen molar-refractivity contribution in [1.29, 1.82) is 0 Å². The first-order chi connectivity index (χ1) is 9.51. The molecule has 4 N–H and O–H groups in total. The monoisotopic (exact) mass is 336 g/mol. The van der Waals surface area contributed by atoms with Gasteiger partial charge in [0, 0.05) is 10.5 Å². The lowest BCUT2D eigenvalue weighted by Crippen LogP contribution is -2.02. The Balaban J connectivity index is 2.38. The number of halogens is 1. The summed E-state index contributed by atoms with van der Waals surface area (Å²) in [7, 11) is 1.58. The zero-order valence-corrected chi connectivity index (χ0v) is 12.3. The molecule has 0 saturated carbocycles. The Hall–Kier alpha value is -2.21. The van der Waals surface area contributed by atoms with E-state index in [2.05, 4.69) is 21.2 Å². The number of benzene rings is 2. The molecule has 2 aromatic rings. The Bertz CT molecular complexity index is 659. The van der Waals surface area contributed by atoms with E-state index in [9.17, 15) is 4.79 Å². The van der Waals surface area contributed by atoms with Crippen molar-refractivity contribution >= 4 is 39.0 Å². The second kappa shape index (κ2) is 5.83. The van der Waals surface area contributed by atoms with Gasteiger partial charge in [-0.25, -0.2) is 4.79 Å². The number of nitrogen functional groups attached to an aromatic ring is 1. The lowest BCUT2D eigenvalue weighted by Gasteiger charge is -2.13. The molecule has 2 rings (SSSR count). The van der Waals surface area contributed by atoms with Crippen LogP contribution in [0.1, 0.15) is 10.4 Å². The van der Waals surface area contributed by atoms with Gasteiger partial charge >= 0.3 is 5.97 Å². The molecule has 0 spiro atoms. The molecule has 0 aliphatic carbocycles. The number of hydrogen-bond acceptors (Lipinski definition) is 4. The van der Waals surface area contributed by atoms with E-state index in [-0.39, 0.29) is 5.56 Å². The first-order valence-corrected chi connectivity index (χ1v) is 6.54. The van der Waals surface area contributed by atoms with E-state index in [0.717, 1.165) is 10.2 Å². The highest BCUT2D eigenvalue weighted by atomic mass is 79.9. The fraction of sp³-hybridized carbons (Fsp3) is 0.0714. The van der Waals surface area contributed by atoms with E-state index >= 15 is 0 Å². The van der Waals surface area contributed by atoms with Gasteiger partial charge in [0.2, 0.25) is 0 Å². The summed E-state index contributed by atoms with van der Waals surface area (Å²) in [4.78, 5) is 11.0. The quantitative estimate of drug-likeness (QED) is 0.744. The van der Waals surface area contributed by atoms with Crippen molar-refractivity contribution in [2.75, 3.05) is 18.2 Å². The number of rotatable bonds is 4. The van der Waals surface area contributed by atoms with Crippen LogP contribution in [0.5, 0.6) is 5.75 Å². The minimum atomic E-state index is -1.00. The van der Waals surface area contributed by atoms with Crippen LogP contribution in [0.3, 0.4) is 0 Å². The maximum atomic E-state index is 11.0. The number of carboxylic acid groups (broad SMARTS) is 1. The lowest BCUT2D eigenvalue weighted by atomic mass is 10.1. The van der Waals surface area contributed by atoms with Crippen molar-refractivity contribution in [1.82, 2.24) is 0 Å². The molecule has 2 aromatic carbocycles. The van der Waals surface area contributed by atoms with Gasteiger partial charge in [0.15, 0.2) is 0 Å². The van der Waals surface area contributed by atoms with E-state index in [1.807, 2.05) is 12.1 Å². The Labute approximate surface area is 124 Å². The minimum absolute atomic E-state index is 0.167. The van der Waals surface area contributed by atoms with E-state index < -0.39 is 5.97 Å². The maximum Gasteiger partial charge on any atom is 0.335 e. The van der Waals surface area contributed by atoms with Crippen molar-refractivity contribution in [2.24, 2.45) is 0 Å². The second-order valence-electron chi connectivity index (χ2n) is 4.08. The van der Waals surface area contributed by atoms with Crippen LogP contribution < -0.4 is 15.8 Å². The molecule has 0 aliphatic heterocycles. The number of carboxylic acids is 1. The van der Waals surface area contributed by atoms with Gasteiger partial charge in [0.25, 0.3) is 0 Å². The van der Waals surface area contributed by atoms with Crippen LogP contribution in [-0.2, 0) is 0 Å². The topological polar surface area (TPSA) is 84.6 Å². The smallest absolute Gasteiger partial charge is 0.335 e. The van der Waals surface area contributed by atoms with Crippen LogP contribution in [0.4, 0.5) is 17.1 Å². The molecule has 20 heavy (non-hydrogen) atoms. The van der Waals surface area contributed by atoms with Gasteiger partial charge in [0.1, 0.15) is 5.75 Å². The van der Waals surface area contributed by atoms with E-state index in [1.165, 1.54) is 12.1 Å². The van der Waals surface area contributed by atoms with E-state index in [4.69, 9.17) is 15.6 Å². The van der Waals surface area contributed by atoms with Crippen LogP contribution >= 0.6 is 15.9 Å². The summed E-state index contributed by atoms with van der Waals surface area (Å²) in [5.41, 5.74) is 7.75. The molecule has 0 aliphatic rings. The van der Waals surface area contributed by atoms with Crippen molar-refractivity contribution in [3.05, 3.63) is 46.4 Å². The first-order valence-electron chi connectivity index (χ1n) is 5.74. The van der Waals surface area contributed by atoms with Gasteiger partial charge in [-0.05, 0) is 46.3 Å². The Morgan fingerprint density at radius 1 is 1.25 bits per heavy atom. The average molecular weight is 337 g/mol. The average Bonchev–Trinajstić information content (AvgIpc) is 2.43. The molecule has 0 heterocycles. The standard InChI is InChI=1S/C14H13BrN2O3/c1-20-9-3-4-10(15)12(7-9)17-13-6-8(14(18)19)2-5-11(13)16/h2-7,17H,16H2,1H3,(H,18,19). The van der Waals surface area contributed by atoms with Crippen LogP contribution in [0.25, 0.3) is 0 Å². The molecule has 0 aromatic heterocycles. The van der Waals surface area contributed by atoms with Crippen LogP contribution in [0, 0.1) is 0 Å². The number of nitrogens with one attached hydrogen (secondary N) is 1. The molecule has 0 saturated heterocycles. The number of aromatic carboxylic acids is 1. The first kappa shape index (κ1) is 14.2. The fourth-order valence-corrected chi connectivity index (χ4v) is 2.02. The number of carbonyl (C=O) groups is 1. The third-order valence-corrected chi connectivity index (χ3v) is 3.43. The van der Waals surface area contributed by atoms with Gasteiger partial charge in [-0.1, -0.05) is 0 Å². The predicted molar refractivity (Wildman–Crippen MR) is 81.8 cm³/mol. The molecule has 6 heteroatoms. The molecule has 5 nitrogen and oxygen atoms in total. The second-order valence-corrected chi connectivity index (χ2v) is 4.93. The Morgan fingerprint density at radius 2 is 2.00 bits per heavy atom. The van der Waals surface area contributed by atoms with Crippen molar-refractivity contribution < 1.29 is 14.6 Å². The largest absolute Gasteiger partial charge is 0.497 e. The zero-order valence-electron chi connectivity index (χ0n) is 10.7. The normalized spacial score (nSPS) is 10.1. The molecule has 104 valence electrons. The van der Waals surface area contributed by atoms with Gasteiger partial charge < -0.3 is 20.9 Å². The summed E-state index contributed by atoms with van der Waals surface area (Å²) >= 11 is 3.41. The van der Waals surface area contributed by atoms with E-state index in [0.29, 0.717) is 17.1 Å². The predicted octanol–water partition coefficient (Wildman–Crippen LogP) is 3.48. The fourth-order valence-electron chi connectivity index (χ4n) is 1.67.